The Morgan fingerprint density at radius 2 is 1.35 bits per heavy atom. The number of rotatable bonds is 5. The van der Waals surface area contributed by atoms with Crippen molar-refractivity contribution in [2.75, 3.05) is 32.7 Å². The Hall–Kier alpha value is -1.64. The number of hydrogen-bond acceptors (Lipinski definition) is 2. The van der Waals surface area contributed by atoms with Gasteiger partial charge in [0, 0.05) is 38.1 Å². The molecule has 0 aliphatic carbocycles. The highest BCUT2D eigenvalue weighted by atomic mass is 15.3. The van der Waals surface area contributed by atoms with Gasteiger partial charge in [-0.3, -0.25) is 4.90 Å². The van der Waals surface area contributed by atoms with Gasteiger partial charge in [0.25, 0.3) is 0 Å². The van der Waals surface area contributed by atoms with E-state index in [1.54, 1.807) is 0 Å². The molecule has 23 heavy (non-hydrogen) atoms. The summed E-state index contributed by atoms with van der Waals surface area (Å²) in [5.41, 5.74) is 3.50. The summed E-state index contributed by atoms with van der Waals surface area (Å²) in [6.07, 6.45) is 2.56. The highest BCUT2D eigenvalue weighted by molar-refractivity contribution is 5.16. The summed E-state index contributed by atoms with van der Waals surface area (Å²) in [5.74, 6) is 0. The maximum absolute atomic E-state index is 2.64. The highest BCUT2D eigenvalue weighted by Gasteiger charge is 2.46. The summed E-state index contributed by atoms with van der Waals surface area (Å²) in [6.45, 7) is 7.47. The third kappa shape index (κ3) is 3.49. The first kappa shape index (κ1) is 14.9. The topological polar surface area (TPSA) is 6.48 Å². The number of hydrogen-bond donors (Lipinski definition) is 0. The SMILES string of the molecule is c1ccc(CCN2CC3(CCN(Cc4ccccc4)C3)C2)cc1. The molecular weight excluding hydrogens is 280 g/mol. The predicted octanol–water partition coefficient (Wildman–Crippen LogP) is 3.44. The molecule has 0 saturated carbocycles. The lowest BCUT2D eigenvalue weighted by atomic mass is 9.79. The van der Waals surface area contributed by atoms with Crippen LogP contribution in [0, 0.1) is 5.41 Å². The molecule has 0 atom stereocenters. The molecule has 120 valence electrons. The maximum atomic E-state index is 2.64. The first-order valence-corrected chi connectivity index (χ1v) is 8.84. The van der Waals surface area contributed by atoms with Crippen LogP contribution in [0.5, 0.6) is 0 Å². The molecule has 1 spiro atoms. The van der Waals surface area contributed by atoms with Crippen LogP contribution in [-0.4, -0.2) is 42.5 Å². The van der Waals surface area contributed by atoms with Crippen molar-refractivity contribution in [3.63, 3.8) is 0 Å². The quantitative estimate of drug-likeness (QED) is 0.835. The molecule has 0 radical (unpaired) electrons. The van der Waals surface area contributed by atoms with Gasteiger partial charge in [0.2, 0.25) is 0 Å². The van der Waals surface area contributed by atoms with Crippen LogP contribution in [0.25, 0.3) is 0 Å². The summed E-state index contributed by atoms with van der Waals surface area (Å²) in [5, 5.41) is 0. The first-order chi connectivity index (χ1) is 11.3. The van der Waals surface area contributed by atoms with Crippen molar-refractivity contribution in [3.05, 3.63) is 71.8 Å². The van der Waals surface area contributed by atoms with Crippen molar-refractivity contribution in [2.45, 2.75) is 19.4 Å². The van der Waals surface area contributed by atoms with E-state index in [1.807, 2.05) is 0 Å². The van der Waals surface area contributed by atoms with E-state index >= 15 is 0 Å². The summed E-state index contributed by atoms with van der Waals surface area (Å²) in [6, 6.07) is 21.8. The summed E-state index contributed by atoms with van der Waals surface area (Å²) in [4.78, 5) is 5.28. The second-order valence-corrected chi connectivity index (χ2v) is 7.39. The Balaban J connectivity index is 1.23. The number of nitrogens with zero attached hydrogens (tertiary/aromatic N) is 2. The molecule has 2 aliphatic rings. The lowest BCUT2D eigenvalue weighted by Crippen LogP contribution is -2.57. The predicted molar refractivity (Wildman–Crippen MR) is 95.4 cm³/mol. The average Bonchev–Trinajstić information content (AvgIpc) is 2.98. The van der Waals surface area contributed by atoms with Crippen LogP contribution in [0.2, 0.25) is 0 Å². The van der Waals surface area contributed by atoms with Crippen LogP contribution in [0.15, 0.2) is 60.7 Å². The fourth-order valence-corrected chi connectivity index (χ4v) is 4.25. The minimum Gasteiger partial charge on any atom is -0.302 e. The van der Waals surface area contributed by atoms with Gasteiger partial charge in [-0.1, -0.05) is 60.7 Å². The van der Waals surface area contributed by atoms with E-state index in [9.17, 15) is 0 Å². The van der Waals surface area contributed by atoms with Crippen LogP contribution >= 0.6 is 0 Å². The van der Waals surface area contributed by atoms with Gasteiger partial charge < -0.3 is 4.90 Å². The maximum Gasteiger partial charge on any atom is 0.0233 e. The van der Waals surface area contributed by atoms with Crippen LogP contribution in [0.3, 0.4) is 0 Å². The minimum atomic E-state index is 0.589. The third-order valence-corrected chi connectivity index (χ3v) is 5.44. The third-order valence-electron chi connectivity index (χ3n) is 5.44. The fourth-order valence-electron chi connectivity index (χ4n) is 4.25. The molecule has 0 amide bonds. The fraction of sp³-hybridized carbons (Fsp3) is 0.429. The molecule has 4 rings (SSSR count). The standard InChI is InChI=1S/C21H26N2/c1-3-7-19(8-4-1)11-13-23-17-21(18-23)12-14-22(16-21)15-20-9-5-2-6-10-20/h1-10H,11-18H2. The van der Waals surface area contributed by atoms with Gasteiger partial charge in [-0.05, 0) is 30.5 Å². The summed E-state index contributed by atoms with van der Waals surface area (Å²) < 4.78 is 0. The average molecular weight is 306 g/mol. The molecule has 0 aromatic heterocycles. The zero-order valence-electron chi connectivity index (χ0n) is 13.8. The van der Waals surface area contributed by atoms with Crippen LogP contribution in [0.4, 0.5) is 0 Å². The molecule has 2 aromatic rings. The molecule has 2 nitrogen and oxygen atoms in total. The van der Waals surface area contributed by atoms with Crippen molar-refractivity contribution >= 4 is 0 Å². The Labute approximate surface area is 139 Å². The molecule has 2 aromatic carbocycles. The molecule has 0 N–H and O–H groups in total. The van der Waals surface area contributed by atoms with Gasteiger partial charge >= 0.3 is 0 Å². The van der Waals surface area contributed by atoms with E-state index in [1.165, 1.54) is 56.7 Å². The second-order valence-electron chi connectivity index (χ2n) is 7.39. The summed E-state index contributed by atoms with van der Waals surface area (Å²) in [7, 11) is 0. The normalized spacial score (nSPS) is 20.7. The minimum absolute atomic E-state index is 0.589. The molecule has 2 fully saturated rings. The Morgan fingerprint density at radius 3 is 2.04 bits per heavy atom. The lowest BCUT2D eigenvalue weighted by Gasteiger charge is -2.48. The van der Waals surface area contributed by atoms with Gasteiger partial charge in [0.1, 0.15) is 0 Å². The molecular formula is C21H26N2. The highest BCUT2D eigenvalue weighted by Crippen LogP contribution is 2.39. The molecule has 2 saturated heterocycles. The monoisotopic (exact) mass is 306 g/mol. The van der Waals surface area contributed by atoms with Crippen molar-refractivity contribution in [3.8, 4) is 0 Å². The van der Waals surface area contributed by atoms with Crippen LogP contribution in [-0.2, 0) is 13.0 Å². The molecule has 2 heteroatoms. The zero-order chi connectivity index (χ0) is 15.5. The number of benzene rings is 2. The van der Waals surface area contributed by atoms with Crippen molar-refractivity contribution < 1.29 is 0 Å². The summed E-state index contributed by atoms with van der Waals surface area (Å²) >= 11 is 0. The molecule has 0 bridgehead atoms. The zero-order valence-corrected chi connectivity index (χ0v) is 13.8. The van der Waals surface area contributed by atoms with E-state index in [-0.39, 0.29) is 0 Å². The van der Waals surface area contributed by atoms with E-state index in [4.69, 9.17) is 0 Å². The first-order valence-electron chi connectivity index (χ1n) is 8.84. The Bertz CT molecular complexity index is 617. The second kappa shape index (κ2) is 6.46. The largest absolute Gasteiger partial charge is 0.302 e. The van der Waals surface area contributed by atoms with Gasteiger partial charge in [-0.2, -0.15) is 0 Å². The van der Waals surface area contributed by atoms with Crippen molar-refractivity contribution in [1.82, 2.24) is 9.80 Å². The van der Waals surface area contributed by atoms with Crippen molar-refractivity contribution in [1.29, 1.82) is 0 Å². The van der Waals surface area contributed by atoms with Gasteiger partial charge in [0.05, 0.1) is 0 Å². The smallest absolute Gasteiger partial charge is 0.0233 e. The van der Waals surface area contributed by atoms with Crippen LogP contribution < -0.4 is 0 Å². The van der Waals surface area contributed by atoms with Gasteiger partial charge in [-0.15, -0.1) is 0 Å². The molecule has 0 unspecified atom stereocenters. The Morgan fingerprint density at radius 1 is 0.739 bits per heavy atom. The Kier molecular flexibility index (Phi) is 4.19. The van der Waals surface area contributed by atoms with E-state index < -0.39 is 0 Å². The van der Waals surface area contributed by atoms with E-state index in [0.717, 1.165) is 6.54 Å². The number of likely N-dealkylation sites (tertiary alicyclic amines) is 2. The van der Waals surface area contributed by atoms with Crippen LogP contribution in [0.1, 0.15) is 17.5 Å². The van der Waals surface area contributed by atoms with Crippen molar-refractivity contribution in [2.24, 2.45) is 5.41 Å². The van der Waals surface area contributed by atoms with Gasteiger partial charge in [-0.25, -0.2) is 0 Å². The molecule has 2 aliphatic heterocycles. The molecule has 2 heterocycles. The lowest BCUT2D eigenvalue weighted by molar-refractivity contribution is 0.00902. The van der Waals surface area contributed by atoms with E-state index in [2.05, 4.69) is 70.5 Å². The van der Waals surface area contributed by atoms with E-state index in [0.29, 0.717) is 5.41 Å². The van der Waals surface area contributed by atoms with Gasteiger partial charge in [0.15, 0.2) is 0 Å².